The smallest absolute Gasteiger partial charge is 0.246 e. The van der Waals surface area contributed by atoms with Crippen molar-refractivity contribution in [2.24, 2.45) is 0 Å². The van der Waals surface area contributed by atoms with Crippen molar-refractivity contribution in [3.63, 3.8) is 0 Å². The van der Waals surface area contributed by atoms with Gasteiger partial charge in [-0.05, 0) is 31.2 Å². The van der Waals surface area contributed by atoms with Gasteiger partial charge in [0.25, 0.3) is 0 Å². The summed E-state index contributed by atoms with van der Waals surface area (Å²) in [6.07, 6.45) is 0. The number of methoxy groups -OCH3 is 2. The van der Waals surface area contributed by atoms with Crippen molar-refractivity contribution in [2.75, 3.05) is 24.9 Å². The Morgan fingerprint density at radius 3 is 2.43 bits per heavy atom. The molecule has 2 N–H and O–H groups in total. The molecule has 2 rings (SSSR count). The van der Waals surface area contributed by atoms with Gasteiger partial charge in [-0.2, -0.15) is 0 Å². The first kappa shape index (κ1) is 17.0. The normalized spacial score (nSPS) is 11.5. The van der Waals surface area contributed by atoms with Crippen LogP contribution in [0, 0.1) is 0 Å². The SMILES string of the molecule is COc1ccc(NC(C)C(=O)Nc2ccccc2Cl)cc1OC. The van der Waals surface area contributed by atoms with Crippen LogP contribution in [0.1, 0.15) is 6.92 Å². The summed E-state index contributed by atoms with van der Waals surface area (Å²) in [6, 6.07) is 12.0. The Bertz CT molecular complexity index is 691. The Kier molecular flexibility index (Phi) is 5.71. The van der Waals surface area contributed by atoms with Gasteiger partial charge >= 0.3 is 0 Å². The first-order valence-corrected chi connectivity index (χ1v) is 7.47. The van der Waals surface area contributed by atoms with E-state index in [1.165, 1.54) is 0 Å². The highest BCUT2D eigenvalue weighted by Crippen LogP contribution is 2.30. The van der Waals surface area contributed by atoms with Crippen LogP contribution in [0.5, 0.6) is 11.5 Å². The molecule has 0 fully saturated rings. The Hall–Kier alpha value is -2.40. The van der Waals surface area contributed by atoms with Gasteiger partial charge in [0, 0.05) is 11.8 Å². The molecule has 0 aliphatic rings. The zero-order valence-electron chi connectivity index (χ0n) is 13.2. The monoisotopic (exact) mass is 334 g/mol. The molecule has 2 aromatic carbocycles. The number of benzene rings is 2. The van der Waals surface area contributed by atoms with Crippen molar-refractivity contribution >= 4 is 28.9 Å². The molecule has 0 bridgehead atoms. The Morgan fingerprint density at radius 1 is 1.09 bits per heavy atom. The number of hydrogen-bond donors (Lipinski definition) is 2. The zero-order valence-corrected chi connectivity index (χ0v) is 14.0. The van der Waals surface area contributed by atoms with E-state index in [1.54, 1.807) is 45.4 Å². The Balaban J connectivity index is 2.05. The highest BCUT2D eigenvalue weighted by Gasteiger charge is 2.15. The number of hydrogen-bond acceptors (Lipinski definition) is 4. The second-order valence-corrected chi connectivity index (χ2v) is 5.31. The van der Waals surface area contributed by atoms with E-state index in [0.717, 1.165) is 5.69 Å². The third kappa shape index (κ3) is 4.29. The van der Waals surface area contributed by atoms with Gasteiger partial charge in [-0.15, -0.1) is 0 Å². The van der Waals surface area contributed by atoms with Crippen molar-refractivity contribution < 1.29 is 14.3 Å². The molecule has 0 radical (unpaired) electrons. The lowest BCUT2D eigenvalue weighted by Crippen LogP contribution is -2.31. The number of rotatable bonds is 6. The minimum Gasteiger partial charge on any atom is -0.493 e. The quantitative estimate of drug-likeness (QED) is 0.843. The molecule has 0 heterocycles. The second kappa shape index (κ2) is 7.74. The van der Waals surface area contributed by atoms with Crippen molar-refractivity contribution in [1.82, 2.24) is 0 Å². The molecular weight excluding hydrogens is 316 g/mol. The van der Waals surface area contributed by atoms with E-state index >= 15 is 0 Å². The van der Waals surface area contributed by atoms with Gasteiger partial charge in [0.15, 0.2) is 11.5 Å². The number of carbonyl (C=O) groups is 1. The summed E-state index contributed by atoms with van der Waals surface area (Å²) in [4.78, 5) is 12.3. The molecule has 2 aromatic rings. The van der Waals surface area contributed by atoms with Crippen LogP contribution in [-0.2, 0) is 4.79 Å². The van der Waals surface area contributed by atoms with Crippen molar-refractivity contribution in [3.8, 4) is 11.5 Å². The van der Waals surface area contributed by atoms with Crippen LogP contribution in [0.2, 0.25) is 5.02 Å². The van der Waals surface area contributed by atoms with E-state index < -0.39 is 6.04 Å². The lowest BCUT2D eigenvalue weighted by atomic mass is 10.2. The van der Waals surface area contributed by atoms with Gasteiger partial charge in [0.1, 0.15) is 6.04 Å². The number of nitrogens with one attached hydrogen (secondary N) is 2. The summed E-state index contributed by atoms with van der Waals surface area (Å²) >= 11 is 6.04. The van der Waals surface area contributed by atoms with E-state index in [4.69, 9.17) is 21.1 Å². The summed E-state index contributed by atoms with van der Waals surface area (Å²) in [7, 11) is 3.14. The number of carbonyl (C=O) groups excluding carboxylic acids is 1. The van der Waals surface area contributed by atoms with Gasteiger partial charge < -0.3 is 20.1 Å². The summed E-state index contributed by atoms with van der Waals surface area (Å²) in [5.74, 6) is 1.04. The average Bonchev–Trinajstić information content (AvgIpc) is 2.56. The average molecular weight is 335 g/mol. The van der Waals surface area contributed by atoms with Gasteiger partial charge in [0.2, 0.25) is 5.91 Å². The van der Waals surface area contributed by atoms with Crippen molar-refractivity contribution in [1.29, 1.82) is 0 Å². The van der Waals surface area contributed by atoms with E-state index in [1.807, 2.05) is 18.2 Å². The van der Waals surface area contributed by atoms with Gasteiger partial charge in [-0.3, -0.25) is 4.79 Å². The van der Waals surface area contributed by atoms with Crippen LogP contribution in [0.15, 0.2) is 42.5 Å². The van der Waals surface area contributed by atoms with Crippen LogP contribution in [-0.4, -0.2) is 26.2 Å². The molecule has 23 heavy (non-hydrogen) atoms. The summed E-state index contributed by atoms with van der Waals surface area (Å²) in [5, 5.41) is 6.41. The van der Waals surface area contributed by atoms with Crippen molar-refractivity contribution in [2.45, 2.75) is 13.0 Å². The maximum Gasteiger partial charge on any atom is 0.246 e. The molecular formula is C17H19ClN2O3. The number of anilines is 2. The first-order valence-electron chi connectivity index (χ1n) is 7.09. The Labute approximate surface area is 140 Å². The minimum atomic E-state index is -0.454. The van der Waals surface area contributed by atoms with Crippen LogP contribution < -0.4 is 20.1 Å². The molecule has 0 saturated heterocycles. The second-order valence-electron chi connectivity index (χ2n) is 4.90. The molecule has 122 valence electrons. The highest BCUT2D eigenvalue weighted by atomic mass is 35.5. The summed E-state index contributed by atoms with van der Waals surface area (Å²) < 4.78 is 10.4. The fourth-order valence-corrected chi connectivity index (χ4v) is 2.23. The maximum absolute atomic E-state index is 12.3. The molecule has 0 aliphatic carbocycles. The van der Waals surface area contributed by atoms with Crippen LogP contribution in [0.3, 0.4) is 0 Å². The van der Waals surface area contributed by atoms with E-state index in [2.05, 4.69) is 10.6 Å². The van der Waals surface area contributed by atoms with E-state index in [-0.39, 0.29) is 5.91 Å². The molecule has 1 atom stereocenters. The third-order valence-electron chi connectivity index (χ3n) is 3.29. The van der Waals surface area contributed by atoms with Gasteiger partial charge in [0.05, 0.1) is 24.9 Å². The lowest BCUT2D eigenvalue weighted by Gasteiger charge is -2.17. The minimum absolute atomic E-state index is 0.187. The molecule has 0 saturated carbocycles. The molecule has 6 heteroatoms. The predicted octanol–water partition coefficient (Wildman–Crippen LogP) is 3.80. The molecule has 1 unspecified atom stereocenters. The largest absolute Gasteiger partial charge is 0.493 e. The number of para-hydroxylation sites is 1. The van der Waals surface area contributed by atoms with Crippen LogP contribution in [0.4, 0.5) is 11.4 Å². The molecule has 5 nitrogen and oxygen atoms in total. The molecule has 0 spiro atoms. The number of amides is 1. The Morgan fingerprint density at radius 2 is 1.78 bits per heavy atom. The molecule has 0 aliphatic heterocycles. The molecule has 0 aromatic heterocycles. The topological polar surface area (TPSA) is 59.6 Å². The van der Waals surface area contributed by atoms with Crippen LogP contribution in [0.25, 0.3) is 0 Å². The van der Waals surface area contributed by atoms with Gasteiger partial charge in [-0.25, -0.2) is 0 Å². The maximum atomic E-state index is 12.3. The first-order chi connectivity index (χ1) is 11.0. The predicted molar refractivity (Wildman–Crippen MR) is 92.7 cm³/mol. The molecule has 1 amide bonds. The highest BCUT2D eigenvalue weighted by molar-refractivity contribution is 6.33. The number of halogens is 1. The van der Waals surface area contributed by atoms with Crippen molar-refractivity contribution in [3.05, 3.63) is 47.5 Å². The van der Waals surface area contributed by atoms with E-state index in [9.17, 15) is 4.79 Å². The lowest BCUT2D eigenvalue weighted by molar-refractivity contribution is -0.116. The third-order valence-corrected chi connectivity index (χ3v) is 3.62. The van der Waals surface area contributed by atoms with Gasteiger partial charge in [-0.1, -0.05) is 23.7 Å². The van der Waals surface area contributed by atoms with E-state index in [0.29, 0.717) is 22.2 Å². The standard InChI is InChI=1S/C17H19ClN2O3/c1-11(17(21)20-14-7-5-4-6-13(14)18)19-12-8-9-15(22-2)16(10-12)23-3/h4-11,19H,1-3H3,(H,20,21). The summed E-state index contributed by atoms with van der Waals surface area (Å²) in [5.41, 5.74) is 1.34. The van der Waals surface area contributed by atoms with Crippen LogP contribution >= 0.6 is 11.6 Å². The number of ether oxygens (including phenoxy) is 2. The summed E-state index contributed by atoms with van der Waals surface area (Å²) in [6.45, 7) is 1.77. The fourth-order valence-electron chi connectivity index (χ4n) is 2.05. The fraction of sp³-hybridized carbons (Fsp3) is 0.235. The zero-order chi connectivity index (χ0) is 16.8.